The lowest BCUT2D eigenvalue weighted by atomic mass is 9.81. The quantitative estimate of drug-likeness (QED) is 0.483. The van der Waals surface area contributed by atoms with Crippen LogP contribution in [0.1, 0.15) is 19.8 Å². The molecule has 0 atom stereocenters. The monoisotopic (exact) mass is 104 g/mol. The van der Waals surface area contributed by atoms with Gasteiger partial charge in [0.1, 0.15) is 5.67 Å². The number of rotatable bonds is 0. The minimum atomic E-state index is -1.06. The first-order valence-corrected chi connectivity index (χ1v) is 2.47. The Balaban J connectivity index is 2.29. The van der Waals surface area contributed by atoms with Crippen molar-refractivity contribution in [2.24, 2.45) is 0 Å². The first-order chi connectivity index (χ1) is 3.10. The molecule has 0 saturated heterocycles. The van der Waals surface area contributed by atoms with E-state index in [0.29, 0.717) is 12.8 Å². The normalized spacial score (nSPS) is 51.0. The highest BCUT2D eigenvalue weighted by Gasteiger charge is 2.39. The molecule has 0 unspecified atom stereocenters. The first kappa shape index (κ1) is 5.04. The van der Waals surface area contributed by atoms with E-state index in [1.807, 2.05) is 0 Å². The van der Waals surface area contributed by atoms with Crippen molar-refractivity contribution in [3.63, 3.8) is 0 Å². The van der Waals surface area contributed by atoms with E-state index in [9.17, 15) is 4.39 Å². The van der Waals surface area contributed by atoms with Crippen molar-refractivity contribution in [2.75, 3.05) is 0 Å². The molecule has 0 amide bonds. The molecule has 1 nitrogen and oxygen atoms in total. The molecule has 0 spiro atoms. The molecular weight excluding hydrogens is 95.1 g/mol. The third-order valence-corrected chi connectivity index (χ3v) is 1.32. The summed E-state index contributed by atoms with van der Waals surface area (Å²) in [6.45, 7) is 1.51. The summed E-state index contributed by atoms with van der Waals surface area (Å²) in [6, 6.07) is 0. The summed E-state index contributed by atoms with van der Waals surface area (Å²) >= 11 is 0. The number of halogens is 1. The molecule has 0 aliphatic heterocycles. The Morgan fingerprint density at radius 2 is 2.14 bits per heavy atom. The predicted molar refractivity (Wildman–Crippen MR) is 24.8 cm³/mol. The van der Waals surface area contributed by atoms with Gasteiger partial charge < -0.3 is 5.11 Å². The largest absolute Gasteiger partial charge is 0.393 e. The van der Waals surface area contributed by atoms with Gasteiger partial charge in [-0.25, -0.2) is 4.39 Å². The molecule has 0 aromatic rings. The van der Waals surface area contributed by atoms with E-state index in [2.05, 4.69) is 0 Å². The predicted octanol–water partition coefficient (Wildman–Crippen LogP) is 0.869. The summed E-state index contributed by atoms with van der Waals surface area (Å²) in [5.74, 6) is 0. The standard InChI is InChI=1S/C5H9FO/c1-5(6)2-4(7)3-5/h4,7H,2-3H2,1H3. The van der Waals surface area contributed by atoms with Gasteiger partial charge in [0, 0.05) is 12.8 Å². The molecule has 0 aromatic heterocycles. The van der Waals surface area contributed by atoms with Crippen LogP contribution in [0.3, 0.4) is 0 Å². The topological polar surface area (TPSA) is 20.2 Å². The molecule has 1 rings (SSSR count). The van der Waals surface area contributed by atoms with Crippen molar-refractivity contribution in [3.8, 4) is 0 Å². The molecule has 0 heterocycles. The third kappa shape index (κ3) is 0.911. The number of alkyl halides is 1. The lowest BCUT2D eigenvalue weighted by Crippen LogP contribution is -2.40. The van der Waals surface area contributed by atoms with Crippen molar-refractivity contribution < 1.29 is 9.50 Å². The number of hydrogen-bond donors (Lipinski definition) is 1. The summed E-state index contributed by atoms with van der Waals surface area (Å²) in [7, 11) is 0. The molecule has 7 heavy (non-hydrogen) atoms. The Labute approximate surface area is 42.2 Å². The van der Waals surface area contributed by atoms with Crippen LogP contribution in [-0.2, 0) is 0 Å². The van der Waals surface area contributed by atoms with E-state index in [0.717, 1.165) is 0 Å². The van der Waals surface area contributed by atoms with E-state index < -0.39 is 5.67 Å². The summed E-state index contributed by atoms with van der Waals surface area (Å²) in [4.78, 5) is 0. The van der Waals surface area contributed by atoms with Crippen LogP contribution < -0.4 is 0 Å². The van der Waals surface area contributed by atoms with Gasteiger partial charge in [-0.05, 0) is 6.92 Å². The van der Waals surface area contributed by atoms with Crippen molar-refractivity contribution in [1.29, 1.82) is 0 Å². The number of aliphatic hydroxyl groups is 1. The highest BCUT2D eigenvalue weighted by molar-refractivity contribution is 4.90. The Kier molecular flexibility index (Phi) is 0.854. The van der Waals surface area contributed by atoms with Gasteiger partial charge >= 0.3 is 0 Å². The maximum absolute atomic E-state index is 12.3. The second-order valence-corrected chi connectivity index (χ2v) is 2.48. The van der Waals surface area contributed by atoms with Gasteiger partial charge in [0.25, 0.3) is 0 Å². The van der Waals surface area contributed by atoms with Crippen LogP contribution in [0.25, 0.3) is 0 Å². The Morgan fingerprint density at radius 1 is 1.71 bits per heavy atom. The molecule has 1 aliphatic rings. The molecule has 0 radical (unpaired) electrons. The zero-order valence-corrected chi connectivity index (χ0v) is 4.32. The number of hydrogen-bond acceptors (Lipinski definition) is 1. The molecule has 0 bridgehead atoms. The SMILES string of the molecule is CC1(F)CC(O)C1. The molecule has 1 fully saturated rings. The van der Waals surface area contributed by atoms with Crippen LogP contribution in [0.4, 0.5) is 4.39 Å². The van der Waals surface area contributed by atoms with Crippen LogP contribution in [0.15, 0.2) is 0 Å². The van der Waals surface area contributed by atoms with Crippen LogP contribution in [0.5, 0.6) is 0 Å². The van der Waals surface area contributed by atoms with Gasteiger partial charge in [-0.2, -0.15) is 0 Å². The average molecular weight is 104 g/mol. The van der Waals surface area contributed by atoms with E-state index in [1.54, 1.807) is 0 Å². The lowest BCUT2D eigenvalue weighted by Gasteiger charge is -2.34. The Hall–Kier alpha value is -0.110. The second kappa shape index (κ2) is 1.19. The van der Waals surface area contributed by atoms with Gasteiger partial charge in [0.2, 0.25) is 0 Å². The Bertz CT molecular complexity index is 72.1. The first-order valence-electron chi connectivity index (χ1n) is 2.47. The summed E-state index contributed by atoms with van der Waals surface area (Å²) in [5.41, 5.74) is -1.06. The summed E-state index contributed by atoms with van der Waals surface area (Å²) in [5, 5.41) is 8.54. The molecule has 1 saturated carbocycles. The van der Waals surface area contributed by atoms with E-state index in [4.69, 9.17) is 5.11 Å². The van der Waals surface area contributed by atoms with Crippen molar-refractivity contribution in [2.45, 2.75) is 31.5 Å². The minimum Gasteiger partial charge on any atom is -0.393 e. The fraction of sp³-hybridized carbons (Fsp3) is 1.00. The highest BCUT2D eigenvalue weighted by Crippen LogP contribution is 2.34. The van der Waals surface area contributed by atoms with Gasteiger partial charge in [0.05, 0.1) is 6.10 Å². The molecule has 1 N–H and O–H groups in total. The highest BCUT2D eigenvalue weighted by atomic mass is 19.1. The van der Waals surface area contributed by atoms with Crippen LogP contribution in [-0.4, -0.2) is 16.9 Å². The van der Waals surface area contributed by atoms with Crippen molar-refractivity contribution >= 4 is 0 Å². The van der Waals surface area contributed by atoms with Crippen molar-refractivity contribution in [1.82, 2.24) is 0 Å². The Morgan fingerprint density at radius 3 is 2.14 bits per heavy atom. The van der Waals surface area contributed by atoms with Gasteiger partial charge in [-0.1, -0.05) is 0 Å². The van der Waals surface area contributed by atoms with Crippen molar-refractivity contribution in [3.05, 3.63) is 0 Å². The van der Waals surface area contributed by atoms with Gasteiger partial charge in [-0.15, -0.1) is 0 Å². The zero-order chi connectivity index (χ0) is 5.49. The summed E-state index contributed by atoms with van der Waals surface area (Å²) < 4.78 is 12.3. The molecule has 42 valence electrons. The smallest absolute Gasteiger partial charge is 0.113 e. The van der Waals surface area contributed by atoms with Gasteiger partial charge in [0.15, 0.2) is 0 Å². The van der Waals surface area contributed by atoms with E-state index >= 15 is 0 Å². The van der Waals surface area contributed by atoms with Crippen LogP contribution in [0, 0.1) is 0 Å². The maximum Gasteiger partial charge on any atom is 0.113 e. The zero-order valence-electron chi connectivity index (χ0n) is 4.32. The maximum atomic E-state index is 12.3. The molecule has 2 heteroatoms. The van der Waals surface area contributed by atoms with Crippen LogP contribution in [0.2, 0.25) is 0 Å². The van der Waals surface area contributed by atoms with E-state index in [1.165, 1.54) is 6.92 Å². The summed E-state index contributed by atoms with van der Waals surface area (Å²) in [6.07, 6.45) is 0.287. The number of aliphatic hydroxyl groups excluding tert-OH is 1. The molecule has 1 aliphatic carbocycles. The minimum absolute atomic E-state index is 0.326. The van der Waals surface area contributed by atoms with Gasteiger partial charge in [-0.3, -0.25) is 0 Å². The molecule has 0 aromatic carbocycles. The second-order valence-electron chi connectivity index (χ2n) is 2.48. The average Bonchev–Trinajstić information content (AvgIpc) is 1.27. The third-order valence-electron chi connectivity index (χ3n) is 1.32. The van der Waals surface area contributed by atoms with Crippen LogP contribution >= 0.6 is 0 Å². The lowest BCUT2D eigenvalue weighted by molar-refractivity contribution is -0.0436. The fourth-order valence-corrected chi connectivity index (χ4v) is 0.923. The fourth-order valence-electron chi connectivity index (χ4n) is 0.923. The molecular formula is C5H9FO. The van der Waals surface area contributed by atoms with E-state index in [-0.39, 0.29) is 6.10 Å².